The van der Waals surface area contributed by atoms with Crippen LogP contribution < -0.4 is 10.8 Å². The van der Waals surface area contributed by atoms with Gasteiger partial charge in [0.25, 0.3) is 0 Å². The first-order valence-electron chi connectivity index (χ1n) is 2.46. The largest absolute Gasteiger partial charge is 0.341 e. The molecule has 0 heterocycles. The minimum absolute atomic E-state index is 0.194. The third kappa shape index (κ3) is 2.79. The van der Waals surface area contributed by atoms with Gasteiger partial charge in [-0.3, -0.25) is 0 Å². The molecule has 0 aromatic heterocycles. The van der Waals surface area contributed by atoms with Crippen molar-refractivity contribution < 1.29 is 0 Å². The average molecular weight is 118 g/mol. The third-order valence-corrected chi connectivity index (χ3v) is 3.00. The predicted octanol–water partition coefficient (Wildman–Crippen LogP) is -0.0756. The highest BCUT2D eigenvalue weighted by Gasteiger charge is 2.17. The molecule has 4 N–H and O–H groups in total. The van der Waals surface area contributed by atoms with Gasteiger partial charge in [0.15, 0.2) is 9.12 Å². The molecule has 0 fully saturated rings. The van der Waals surface area contributed by atoms with Crippen LogP contribution in [0.5, 0.6) is 0 Å². The molecule has 7 heavy (non-hydrogen) atoms. The summed E-state index contributed by atoms with van der Waals surface area (Å²) in [6.45, 7) is 6.22. The van der Waals surface area contributed by atoms with Crippen molar-refractivity contribution in [1.29, 1.82) is 0 Å². The summed E-state index contributed by atoms with van der Waals surface area (Å²) in [5, 5.41) is 11.2. The maximum atomic E-state index is 5.49. The smallest absolute Gasteiger partial charge is 0.184 e. The van der Waals surface area contributed by atoms with Gasteiger partial charge in [0.2, 0.25) is 0 Å². The van der Waals surface area contributed by atoms with Gasteiger partial charge in [-0.25, -0.2) is 0 Å². The quantitative estimate of drug-likeness (QED) is 0.437. The lowest BCUT2D eigenvalue weighted by Gasteiger charge is -2.19. The fourth-order valence-corrected chi connectivity index (χ4v) is 0. The molecule has 0 rings (SSSR count). The second-order valence-electron chi connectivity index (χ2n) is 2.89. The molecule has 0 atom stereocenters. The molecule has 0 radical (unpaired) electrons. The SMILES string of the molecule is CC(C)(C)[SiH](N)N. The third-order valence-electron chi connectivity index (χ3n) is 1.00. The lowest BCUT2D eigenvalue weighted by Crippen LogP contribution is -2.45. The van der Waals surface area contributed by atoms with Crippen LogP contribution in [0.15, 0.2) is 0 Å². The monoisotopic (exact) mass is 118 g/mol. The molecule has 0 aromatic rings. The first kappa shape index (κ1) is 7.14. The van der Waals surface area contributed by atoms with Crippen LogP contribution >= 0.6 is 0 Å². The summed E-state index contributed by atoms with van der Waals surface area (Å²) in [5.74, 6) is 0. The van der Waals surface area contributed by atoms with Crippen molar-refractivity contribution in [2.75, 3.05) is 0 Å². The Kier molecular flexibility index (Phi) is 1.98. The summed E-state index contributed by atoms with van der Waals surface area (Å²) in [6.07, 6.45) is 0. The highest BCUT2D eigenvalue weighted by molar-refractivity contribution is 6.54. The fourth-order valence-electron chi connectivity index (χ4n) is 0. The molecular weight excluding hydrogens is 104 g/mol. The van der Waals surface area contributed by atoms with E-state index in [0.717, 1.165) is 0 Å². The van der Waals surface area contributed by atoms with E-state index in [9.17, 15) is 0 Å². The lowest BCUT2D eigenvalue weighted by atomic mass is 10.3. The molecule has 0 aliphatic rings. The molecule has 0 saturated heterocycles. The maximum absolute atomic E-state index is 5.49. The molecular formula is C4H14N2Si. The van der Waals surface area contributed by atoms with Crippen molar-refractivity contribution in [3.05, 3.63) is 0 Å². The van der Waals surface area contributed by atoms with Crippen molar-refractivity contribution in [2.45, 2.75) is 25.8 Å². The van der Waals surface area contributed by atoms with Gasteiger partial charge < -0.3 is 10.8 Å². The zero-order valence-electron chi connectivity index (χ0n) is 5.23. The first-order chi connectivity index (χ1) is 2.94. The highest BCUT2D eigenvalue weighted by Crippen LogP contribution is 2.19. The van der Waals surface area contributed by atoms with Gasteiger partial charge in [0, 0.05) is 0 Å². The molecule has 0 aliphatic carbocycles. The standard InChI is InChI=1S/C4H14N2Si/c1-4(2,3)7(5)6/h7H,5-6H2,1-3H3. The van der Waals surface area contributed by atoms with Crippen molar-refractivity contribution in [1.82, 2.24) is 0 Å². The minimum Gasteiger partial charge on any atom is -0.341 e. The molecule has 44 valence electrons. The minimum atomic E-state index is -1.36. The summed E-state index contributed by atoms with van der Waals surface area (Å²) < 4.78 is 0. The van der Waals surface area contributed by atoms with Crippen molar-refractivity contribution >= 4 is 9.12 Å². The Morgan fingerprint density at radius 1 is 1.14 bits per heavy atom. The number of hydrogen-bond donors (Lipinski definition) is 2. The van der Waals surface area contributed by atoms with Gasteiger partial charge in [-0.1, -0.05) is 20.8 Å². The van der Waals surface area contributed by atoms with Gasteiger partial charge in [-0.2, -0.15) is 0 Å². The Morgan fingerprint density at radius 3 is 1.29 bits per heavy atom. The van der Waals surface area contributed by atoms with E-state index in [1.165, 1.54) is 0 Å². The van der Waals surface area contributed by atoms with Crippen LogP contribution in [-0.4, -0.2) is 9.12 Å². The Labute approximate surface area is 46.7 Å². The van der Waals surface area contributed by atoms with Gasteiger partial charge in [0.1, 0.15) is 0 Å². The maximum Gasteiger partial charge on any atom is 0.184 e. The van der Waals surface area contributed by atoms with E-state index in [2.05, 4.69) is 20.8 Å². The Hall–Kier alpha value is 0.137. The summed E-state index contributed by atoms with van der Waals surface area (Å²) in [5.41, 5.74) is 0. The Balaban J connectivity index is 3.54. The molecule has 2 nitrogen and oxygen atoms in total. The van der Waals surface area contributed by atoms with Crippen LogP contribution in [0.25, 0.3) is 0 Å². The van der Waals surface area contributed by atoms with Crippen LogP contribution in [0.1, 0.15) is 20.8 Å². The van der Waals surface area contributed by atoms with E-state index in [0.29, 0.717) is 0 Å². The van der Waals surface area contributed by atoms with Crippen LogP contribution in [0, 0.1) is 0 Å². The van der Waals surface area contributed by atoms with Crippen LogP contribution in [0.2, 0.25) is 5.04 Å². The molecule has 0 unspecified atom stereocenters. The summed E-state index contributed by atoms with van der Waals surface area (Å²) in [6, 6.07) is 0. The lowest BCUT2D eigenvalue weighted by molar-refractivity contribution is 0.732. The molecule has 0 bridgehead atoms. The molecule has 0 amide bonds. The van der Waals surface area contributed by atoms with Crippen LogP contribution in [0.3, 0.4) is 0 Å². The van der Waals surface area contributed by atoms with E-state index in [-0.39, 0.29) is 5.04 Å². The number of nitrogens with two attached hydrogens (primary N) is 2. The van der Waals surface area contributed by atoms with Gasteiger partial charge in [-0.15, -0.1) is 0 Å². The Morgan fingerprint density at radius 2 is 1.29 bits per heavy atom. The normalized spacial score (nSPS) is 12.9. The highest BCUT2D eigenvalue weighted by atomic mass is 28.3. The van der Waals surface area contributed by atoms with E-state index in [1.54, 1.807) is 0 Å². The van der Waals surface area contributed by atoms with Crippen molar-refractivity contribution in [3.8, 4) is 0 Å². The molecule has 0 saturated carbocycles. The number of hydrogen-bond acceptors (Lipinski definition) is 2. The summed E-state index contributed by atoms with van der Waals surface area (Å²) in [4.78, 5) is 0. The fraction of sp³-hybridized carbons (Fsp3) is 1.00. The average Bonchev–Trinajstić information content (AvgIpc) is 1.31. The van der Waals surface area contributed by atoms with Crippen molar-refractivity contribution in [3.63, 3.8) is 0 Å². The number of rotatable bonds is 0. The van der Waals surface area contributed by atoms with Gasteiger partial charge in [-0.05, 0) is 5.04 Å². The molecule has 0 spiro atoms. The summed E-state index contributed by atoms with van der Waals surface area (Å²) >= 11 is 0. The van der Waals surface area contributed by atoms with E-state index < -0.39 is 9.12 Å². The predicted molar refractivity (Wildman–Crippen MR) is 35.2 cm³/mol. The molecule has 0 aliphatic heterocycles. The van der Waals surface area contributed by atoms with Gasteiger partial charge >= 0.3 is 0 Å². The van der Waals surface area contributed by atoms with Crippen LogP contribution in [0.4, 0.5) is 0 Å². The molecule has 0 aromatic carbocycles. The topological polar surface area (TPSA) is 52.0 Å². The van der Waals surface area contributed by atoms with Gasteiger partial charge in [0.05, 0.1) is 0 Å². The second kappa shape index (κ2) is 1.94. The zero-order chi connectivity index (χ0) is 6.08. The van der Waals surface area contributed by atoms with E-state index >= 15 is 0 Å². The van der Waals surface area contributed by atoms with E-state index in [4.69, 9.17) is 10.8 Å². The second-order valence-corrected chi connectivity index (χ2v) is 5.68. The van der Waals surface area contributed by atoms with Crippen molar-refractivity contribution in [2.24, 2.45) is 10.8 Å². The molecule has 3 heteroatoms. The zero-order valence-corrected chi connectivity index (χ0v) is 6.39. The summed E-state index contributed by atoms with van der Waals surface area (Å²) in [7, 11) is -1.36. The van der Waals surface area contributed by atoms with E-state index in [1.807, 2.05) is 0 Å². The Bertz CT molecular complexity index is 55.2. The first-order valence-corrected chi connectivity index (χ1v) is 4.37. The van der Waals surface area contributed by atoms with Crippen LogP contribution in [-0.2, 0) is 0 Å².